The Morgan fingerprint density at radius 2 is 1.94 bits per heavy atom. The number of anilines is 1. The van der Waals surface area contributed by atoms with Crippen molar-refractivity contribution in [3.05, 3.63) is 54.6 Å². The molecular formula is C22H27FN6O2. The van der Waals surface area contributed by atoms with Gasteiger partial charge in [-0.2, -0.15) is 5.10 Å². The molecule has 0 fully saturated rings. The molecule has 31 heavy (non-hydrogen) atoms. The van der Waals surface area contributed by atoms with Crippen LogP contribution in [0.4, 0.5) is 10.1 Å². The lowest BCUT2D eigenvalue weighted by molar-refractivity contribution is -0.00177. The van der Waals surface area contributed by atoms with Gasteiger partial charge in [0, 0.05) is 30.8 Å². The first-order valence-corrected chi connectivity index (χ1v) is 10.0. The molecule has 0 spiro atoms. The first-order chi connectivity index (χ1) is 14.6. The number of alkyl halides is 1. The number of halogens is 1. The zero-order valence-electron chi connectivity index (χ0n) is 18.0. The van der Waals surface area contributed by atoms with Gasteiger partial charge >= 0.3 is 0 Å². The molecule has 0 saturated carbocycles. The second kappa shape index (κ2) is 9.22. The van der Waals surface area contributed by atoms with Crippen LogP contribution in [0.15, 0.2) is 49.1 Å². The monoisotopic (exact) mass is 426 g/mol. The molecule has 3 aromatic heterocycles. The molecule has 164 valence electrons. The summed E-state index contributed by atoms with van der Waals surface area (Å²) in [5.41, 5.74) is 1.41. The lowest BCUT2D eigenvalue weighted by Crippen LogP contribution is -2.42. The van der Waals surface area contributed by atoms with E-state index in [-0.39, 0.29) is 18.2 Å². The van der Waals surface area contributed by atoms with Crippen molar-refractivity contribution in [2.24, 2.45) is 0 Å². The number of aromatic nitrogens is 4. The van der Waals surface area contributed by atoms with Crippen LogP contribution in [0, 0.1) is 0 Å². The van der Waals surface area contributed by atoms with Gasteiger partial charge in [-0.25, -0.2) is 9.07 Å². The Kier molecular flexibility index (Phi) is 6.65. The summed E-state index contributed by atoms with van der Waals surface area (Å²) in [5.74, 6) is -0.476. The van der Waals surface area contributed by atoms with Gasteiger partial charge in [-0.3, -0.25) is 14.8 Å². The summed E-state index contributed by atoms with van der Waals surface area (Å²) in [5, 5.41) is 20.0. The van der Waals surface area contributed by atoms with Gasteiger partial charge in [-0.1, -0.05) is 0 Å². The summed E-state index contributed by atoms with van der Waals surface area (Å²) in [6.45, 7) is 6.31. The molecule has 1 unspecified atom stereocenters. The fourth-order valence-electron chi connectivity index (χ4n) is 2.84. The van der Waals surface area contributed by atoms with Gasteiger partial charge in [0.05, 0.1) is 34.8 Å². The Hall–Kier alpha value is -3.33. The Bertz CT molecular complexity index is 1030. The Labute approximate surface area is 180 Å². The van der Waals surface area contributed by atoms with E-state index in [1.54, 1.807) is 23.1 Å². The zero-order chi connectivity index (χ0) is 22.6. The molecule has 1 atom stereocenters. The summed E-state index contributed by atoms with van der Waals surface area (Å²) in [6.07, 6.45) is 5.04. The van der Waals surface area contributed by atoms with E-state index < -0.39 is 17.7 Å². The number of rotatable bonds is 8. The molecule has 9 heteroatoms. The molecule has 0 aliphatic carbocycles. The lowest BCUT2D eigenvalue weighted by atomic mass is 10.0. The highest BCUT2D eigenvalue weighted by atomic mass is 19.1. The summed E-state index contributed by atoms with van der Waals surface area (Å²) >= 11 is 0. The van der Waals surface area contributed by atoms with Crippen molar-refractivity contribution >= 4 is 11.6 Å². The first-order valence-electron chi connectivity index (χ1n) is 10.0. The third-order valence-corrected chi connectivity index (χ3v) is 4.58. The molecule has 1 amide bonds. The third-order valence-electron chi connectivity index (χ3n) is 4.58. The van der Waals surface area contributed by atoms with Crippen molar-refractivity contribution in [2.45, 2.75) is 45.5 Å². The molecule has 0 radical (unpaired) electrons. The van der Waals surface area contributed by atoms with E-state index in [2.05, 4.69) is 25.7 Å². The Morgan fingerprint density at radius 3 is 2.58 bits per heavy atom. The molecular weight excluding hydrogens is 399 g/mol. The summed E-state index contributed by atoms with van der Waals surface area (Å²) in [7, 11) is 0. The molecule has 3 rings (SSSR count). The van der Waals surface area contributed by atoms with Gasteiger partial charge in [0.2, 0.25) is 0 Å². The molecule has 3 aromatic rings. The second-order valence-corrected chi connectivity index (χ2v) is 8.10. The Balaban J connectivity index is 1.85. The van der Waals surface area contributed by atoms with Crippen molar-refractivity contribution in [2.75, 3.05) is 11.9 Å². The van der Waals surface area contributed by atoms with Gasteiger partial charge < -0.3 is 15.7 Å². The van der Waals surface area contributed by atoms with Crippen molar-refractivity contribution in [1.29, 1.82) is 0 Å². The number of carbonyl (C=O) groups is 1. The van der Waals surface area contributed by atoms with Gasteiger partial charge in [-0.05, 0) is 52.0 Å². The van der Waals surface area contributed by atoms with Gasteiger partial charge in [0.15, 0.2) is 0 Å². The van der Waals surface area contributed by atoms with Crippen LogP contribution in [-0.4, -0.2) is 55.1 Å². The minimum Gasteiger partial charge on any atom is -0.387 e. The number of amides is 1. The van der Waals surface area contributed by atoms with Crippen LogP contribution >= 0.6 is 0 Å². The fourth-order valence-corrected chi connectivity index (χ4v) is 2.84. The van der Waals surface area contributed by atoms with Crippen LogP contribution in [0.2, 0.25) is 0 Å². The zero-order valence-corrected chi connectivity index (χ0v) is 18.0. The maximum absolute atomic E-state index is 14.0. The predicted octanol–water partition coefficient (Wildman–Crippen LogP) is 2.99. The number of carbonyl (C=O) groups excluding carboxylic acids is 1. The molecule has 0 aliphatic rings. The highest BCUT2D eigenvalue weighted by Gasteiger charge is 2.27. The van der Waals surface area contributed by atoms with Gasteiger partial charge in [0.1, 0.15) is 11.9 Å². The largest absolute Gasteiger partial charge is 0.387 e. The van der Waals surface area contributed by atoms with Crippen LogP contribution in [0.3, 0.4) is 0 Å². The van der Waals surface area contributed by atoms with E-state index >= 15 is 0 Å². The average Bonchev–Trinajstić information content (AvgIpc) is 3.21. The van der Waals surface area contributed by atoms with E-state index in [1.165, 1.54) is 20.0 Å². The highest BCUT2D eigenvalue weighted by Crippen LogP contribution is 2.24. The van der Waals surface area contributed by atoms with E-state index in [0.29, 0.717) is 17.1 Å². The number of nitrogens with zero attached hydrogens (tertiary/aromatic N) is 4. The molecule has 8 nitrogen and oxygen atoms in total. The maximum atomic E-state index is 14.0. The van der Waals surface area contributed by atoms with E-state index in [0.717, 1.165) is 5.69 Å². The second-order valence-electron chi connectivity index (χ2n) is 8.10. The molecule has 0 bridgehead atoms. The lowest BCUT2D eigenvalue weighted by Gasteiger charge is -2.23. The van der Waals surface area contributed by atoms with Crippen molar-refractivity contribution in [3.63, 3.8) is 0 Å². The summed E-state index contributed by atoms with van der Waals surface area (Å²) in [6, 6.07) is 7.32. The highest BCUT2D eigenvalue weighted by molar-refractivity contribution is 5.99. The molecule has 3 N–H and O–H groups in total. The molecule has 0 aliphatic heterocycles. The van der Waals surface area contributed by atoms with E-state index in [1.807, 2.05) is 38.2 Å². The minimum atomic E-state index is -1.60. The van der Waals surface area contributed by atoms with Crippen LogP contribution in [-0.2, 0) is 0 Å². The normalized spacial score (nSPS) is 12.6. The van der Waals surface area contributed by atoms with Gasteiger partial charge in [-0.15, -0.1) is 0 Å². The topological polar surface area (TPSA) is 105 Å². The standard InChI is InChI=1S/C22H27FN6O2/c1-14(2)27-18-11-19(17-7-10-29(28-17)15-5-8-24-9-6-15)25-12-16(18)21(30)26-13-20(23)22(3,4)31/h5-12,14,20,31H,13H2,1-4H3,(H,25,27)(H,26,30). The number of nitrogens with one attached hydrogen (secondary N) is 2. The molecule has 0 aromatic carbocycles. The van der Waals surface area contributed by atoms with Crippen LogP contribution < -0.4 is 10.6 Å². The first kappa shape index (κ1) is 22.4. The minimum absolute atomic E-state index is 0.0569. The van der Waals surface area contributed by atoms with E-state index in [9.17, 15) is 14.3 Å². The van der Waals surface area contributed by atoms with Crippen molar-refractivity contribution in [1.82, 2.24) is 25.1 Å². The van der Waals surface area contributed by atoms with Crippen LogP contribution in [0.5, 0.6) is 0 Å². The van der Waals surface area contributed by atoms with Crippen molar-refractivity contribution in [3.8, 4) is 17.1 Å². The predicted molar refractivity (Wildman–Crippen MR) is 117 cm³/mol. The summed E-state index contributed by atoms with van der Waals surface area (Å²) in [4.78, 5) is 21.0. The molecule has 0 saturated heterocycles. The SMILES string of the molecule is CC(C)Nc1cc(-c2ccn(-c3ccncc3)n2)ncc1C(=O)NCC(F)C(C)(C)O. The van der Waals surface area contributed by atoms with Crippen LogP contribution in [0.1, 0.15) is 38.1 Å². The Morgan fingerprint density at radius 1 is 1.23 bits per heavy atom. The van der Waals surface area contributed by atoms with E-state index in [4.69, 9.17) is 0 Å². The summed E-state index contributed by atoms with van der Waals surface area (Å²) < 4.78 is 15.7. The van der Waals surface area contributed by atoms with Gasteiger partial charge in [0.25, 0.3) is 5.91 Å². The smallest absolute Gasteiger partial charge is 0.255 e. The average molecular weight is 426 g/mol. The van der Waals surface area contributed by atoms with Crippen LogP contribution in [0.25, 0.3) is 17.1 Å². The number of aliphatic hydroxyl groups is 1. The van der Waals surface area contributed by atoms with Crippen molar-refractivity contribution < 1.29 is 14.3 Å². The fraction of sp³-hybridized carbons (Fsp3) is 0.364. The number of hydrogen-bond acceptors (Lipinski definition) is 6. The quantitative estimate of drug-likeness (QED) is 0.511. The number of hydrogen-bond donors (Lipinski definition) is 3. The maximum Gasteiger partial charge on any atom is 0.255 e. The molecule has 3 heterocycles. The third kappa shape index (κ3) is 5.64. The number of pyridine rings is 2.